The van der Waals surface area contributed by atoms with Gasteiger partial charge in [0.15, 0.2) is 0 Å². The molecule has 2 bridgehead atoms. The Morgan fingerprint density at radius 3 is 3.14 bits per heavy atom. The molecule has 1 saturated carbocycles. The highest BCUT2D eigenvalue weighted by molar-refractivity contribution is 7.10. The van der Waals surface area contributed by atoms with Gasteiger partial charge in [0.2, 0.25) is 0 Å². The molecule has 3 rings (SSSR count). The van der Waals surface area contributed by atoms with Crippen molar-refractivity contribution >= 4 is 11.3 Å². The molecule has 1 heterocycles. The van der Waals surface area contributed by atoms with Crippen molar-refractivity contribution in [3.63, 3.8) is 0 Å². The van der Waals surface area contributed by atoms with Gasteiger partial charge in [-0.25, -0.2) is 0 Å². The summed E-state index contributed by atoms with van der Waals surface area (Å²) < 4.78 is 0. The summed E-state index contributed by atoms with van der Waals surface area (Å²) >= 11 is 2.01. The summed E-state index contributed by atoms with van der Waals surface area (Å²) in [6.45, 7) is 4.35. The zero-order valence-electron chi connectivity index (χ0n) is 8.68. The van der Waals surface area contributed by atoms with Crippen LogP contribution in [0.3, 0.4) is 0 Å². The van der Waals surface area contributed by atoms with Crippen LogP contribution in [-0.4, -0.2) is 6.54 Å². The molecule has 0 aromatic carbocycles. The molecule has 1 N–H and O–H groups in total. The average Bonchev–Trinajstić information content (AvgIpc) is 2.87. The van der Waals surface area contributed by atoms with Gasteiger partial charge in [-0.1, -0.05) is 6.92 Å². The molecule has 76 valence electrons. The van der Waals surface area contributed by atoms with Gasteiger partial charge >= 0.3 is 0 Å². The summed E-state index contributed by atoms with van der Waals surface area (Å²) in [7, 11) is 0. The SMILES string of the molecule is CCNCc1csc2c1C1CCC2C1. The molecule has 2 aliphatic rings. The molecule has 2 atom stereocenters. The predicted molar refractivity (Wildman–Crippen MR) is 61.0 cm³/mol. The van der Waals surface area contributed by atoms with Crippen LogP contribution in [0.25, 0.3) is 0 Å². The quantitative estimate of drug-likeness (QED) is 0.802. The van der Waals surface area contributed by atoms with Crippen LogP contribution < -0.4 is 5.32 Å². The summed E-state index contributed by atoms with van der Waals surface area (Å²) in [6, 6.07) is 0. The normalized spacial score (nSPS) is 28.4. The van der Waals surface area contributed by atoms with E-state index in [0.29, 0.717) is 0 Å². The van der Waals surface area contributed by atoms with Crippen LogP contribution >= 0.6 is 11.3 Å². The summed E-state index contributed by atoms with van der Waals surface area (Å²) in [5.41, 5.74) is 3.34. The van der Waals surface area contributed by atoms with Gasteiger partial charge in [-0.2, -0.15) is 0 Å². The van der Waals surface area contributed by atoms with E-state index < -0.39 is 0 Å². The van der Waals surface area contributed by atoms with E-state index in [1.807, 2.05) is 11.3 Å². The van der Waals surface area contributed by atoms with Gasteiger partial charge in [-0.05, 0) is 54.1 Å². The molecule has 1 nitrogen and oxygen atoms in total. The van der Waals surface area contributed by atoms with Gasteiger partial charge in [-0.3, -0.25) is 0 Å². The first kappa shape index (κ1) is 8.93. The maximum atomic E-state index is 3.45. The second-order valence-electron chi connectivity index (χ2n) is 4.53. The van der Waals surface area contributed by atoms with E-state index in [0.717, 1.165) is 24.9 Å². The van der Waals surface area contributed by atoms with Gasteiger partial charge in [0, 0.05) is 11.4 Å². The molecule has 0 radical (unpaired) electrons. The third kappa shape index (κ3) is 1.17. The Balaban J connectivity index is 1.90. The van der Waals surface area contributed by atoms with Crippen LogP contribution in [0.4, 0.5) is 0 Å². The van der Waals surface area contributed by atoms with Crippen LogP contribution in [0.2, 0.25) is 0 Å². The molecular weight excluding hydrogens is 190 g/mol. The van der Waals surface area contributed by atoms with E-state index >= 15 is 0 Å². The lowest BCUT2D eigenvalue weighted by Crippen LogP contribution is -2.13. The maximum absolute atomic E-state index is 3.45. The first-order valence-corrected chi connectivity index (χ1v) is 6.59. The van der Waals surface area contributed by atoms with E-state index in [2.05, 4.69) is 17.6 Å². The lowest BCUT2D eigenvalue weighted by atomic mass is 9.95. The smallest absolute Gasteiger partial charge is 0.0216 e. The van der Waals surface area contributed by atoms with Gasteiger partial charge in [0.05, 0.1) is 0 Å². The van der Waals surface area contributed by atoms with Crippen molar-refractivity contribution in [3.8, 4) is 0 Å². The summed E-state index contributed by atoms with van der Waals surface area (Å²) in [5, 5.41) is 5.83. The minimum absolute atomic E-state index is 0.926. The minimum atomic E-state index is 0.926. The second-order valence-corrected chi connectivity index (χ2v) is 5.44. The summed E-state index contributed by atoms with van der Waals surface area (Å²) in [5.74, 6) is 1.87. The highest BCUT2D eigenvalue weighted by Gasteiger charge is 2.39. The van der Waals surface area contributed by atoms with Gasteiger partial charge in [0.1, 0.15) is 0 Å². The number of thiophene rings is 1. The average molecular weight is 207 g/mol. The fraction of sp³-hybridized carbons (Fsp3) is 0.667. The second kappa shape index (κ2) is 3.35. The molecular formula is C12H17NS. The standard InChI is InChI=1S/C12H17NS/c1-2-13-6-10-7-14-12-9-4-3-8(5-9)11(10)12/h7-9,13H,2-6H2,1H3. The van der Waals surface area contributed by atoms with Crippen molar-refractivity contribution in [3.05, 3.63) is 21.4 Å². The molecule has 1 aromatic heterocycles. The van der Waals surface area contributed by atoms with Crippen LogP contribution in [-0.2, 0) is 6.54 Å². The van der Waals surface area contributed by atoms with E-state index in [1.165, 1.54) is 19.3 Å². The zero-order valence-corrected chi connectivity index (χ0v) is 9.49. The third-order valence-electron chi connectivity index (χ3n) is 3.72. The van der Waals surface area contributed by atoms with Crippen molar-refractivity contribution in [1.82, 2.24) is 5.32 Å². The molecule has 2 heteroatoms. The molecule has 2 unspecified atom stereocenters. The minimum Gasteiger partial charge on any atom is -0.313 e. The van der Waals surface area contributed by atoms with E-state index in [-0.39, 0.29) is 0 Å². The molecule has 0 spiro atoms. The Morgan fingerprint density at radius 1 is 1.43 bits per heavy atom. The first-order valence-electron chi connectivity index (χ1n) is 5.71. The van der Waals surface area contributed by atoms with E-state index in [9.17, 15) is 0 Å². The fourth-order valence-electron chi connectivity index (χ4n) is 3.08. The predicted octanol–water partition coefficient (Wildman–Crippen LogP) is 3.22. The number of hydrogen-bond acceptors (Lipinski definition) is 2. The maximum Gasteiger partial charge on any atom is 0.0216 e. The largest absolute Gasteiger partial charge is 0.313 e. The summed E-state index contributed by atoms with van der Waals surface area (Å²) in [4.78, 5) is 1.73. The van der Waals surface area contributed by atoms with Gasteiger partial charge in [-0.15, -0.1) is 11.3 Å². The Hall–Kier alpha value is -0.340. The molecule has 1 aromatic rings. The topological polar surface area (TPSA) is 12.0 Å². The molecule has 0 amide bonds. The lowest BCUT2D eigenvalue weighted by Gasteiger charge is -2.12. The number of rotatable bonds is 3. The van der Waals surface area contributed by atoms with Crippen LogP contribution in [0.15, 0.2) is 5.38 Å². The Bertz CT molecular complexity index is 342. The molecule has 0 aliphatic heterocycles. The Labute approximate surface area is 89.5 Å². The fourth-order valence-corrected chi connectivity index (χ4v) is 4.39. The van der Waals surface area contributed by atoms with Gasteiger partial charge in [0.25, 0.3) is 0 Å². The monoisotopic (exact) mass is 207 g/mol. The number of nitrogens with one attached hydrogen (secondary N) is 1. The van der Waals surface area contributed by atoms with Crippen molar-refractivity contribution in [2.75, 3.05) is 6.54 Å². The lowest BCUT2D eigenvalue weighted by molar-refractivity contribution is 0.687. The number of hydrogen-bond donors (Lipinski definition) is 1. The van der Waals surface area contributed by atoms with Crippen molar-refractivity contribution in [2.24, 2.45) is 0 Å². The van der Waals surface area contributed by atoms with Crippen LogP contribution in [0.1, 0.15) is 54.0 Å². The highest BCUT2D eigenvalue weighted by atomic mass is 32.1. The van der Waals surface area contributed by atoms with Gasteiger partial charge < -0.3 is 5.32 Å². The van der Waals surface area contributed by atoms with Crippen molar-refractivity contribution < 1.29 is 0 Å². The Morgan fingerprint density at radius 2 is 2.29 bits per heavy atom. The highest BCUT2D eigenvalue weighted by Crippen LogP contribution is 2.56. The number of fused-ring (bicyclic) bond motifs is 5. The van der Waals surface area contributed by atoms with Crippen LogP contribution in [0.5, 0.6) is 0 Å². The third-order valence-corrected chi connectivity index (χ3v) is 4.93. The van der Waals surface area contributed by atoms with Crippen molar-refractivity contribution in [1.29, 1.82) is 0 Å². The molecule has 0 saturated heterocycles. The molecule has 1 fully saturated rings. The van der Waals surface area contributed by atoms with E-state index in [4.69, 9.17) is 0 Å². The Kier molecular flexibility index (Phi) is 2.14. The van der Waals surface area contributed by atoms with Crippen molar-refractivity contribution in [2.45, 2.75) is 44.6 Å². The van der Waals surface area contributed by atoms with E-state index in [1.54, 1.807) is 16.0 Å². The molecule has 14 heavy (non-hydrogen) atoms. The first-order chi connectivity index (χ1) is 6.90. The molecule has 2 aliphatic carbocycles. The summed E-state index contributed by atoms with van der Waals surface area (Å²) in [6.07, 6.45) is 4.37. The zero-order chi connectivity index (χ0) is 9.54. The van der Waals surface area contributed by atoms with Crippen LogP contribution in [0, 0.1) is 0 Å².